The summed E-state index contributed by atoms with van der Waals surface area (Å²) in [4.78, 5) is 17.2. The van der Waals surface area contributed by atoms with E-state index in [0.29, 0.717) is 29.6 Å². The maximum absolute atomic E-state index is 12.6. The molecule has 0 aromatic heterocycles. The molecule has 1 atom stereocenters. The van der Waals surface area contributed by atoms with Crippen LogP contribution in [0.2, 0.25) is 0 Å². The Labute approximate surface area is 159 Å². The SMILES string of the molecule is CC(C)COC(=N[C@@H](C)c1ccccc1)NC(=O)c1ccc2c(c1)OCO2. The Morgan fingerprint density at radius 3 is 2.59 bits per heavy atom. The van der Waals surface area contributed by atoms with Crippen molar-refractivity contribution in [2.45, 2.75) is 26.8 Å². The minimum Gasteiger partial charge on any atom is -0.465 e. The predicted molar refractivity (Wildman–Crippen MR) is 103 cm³/mol. The standard InChI is InChI=1S/C21H24N2O4/c1-14(2)12-25-21(22-15(3)16-7-5-4-6-8-16)23-20(24)17-9-10-18-19(11-17)27-13-26-18/h4-11,14-15H,12-13H2,1-3H3,(H,22,23,24)/t15-/m0/s1. The molecule has 6 heteroatoms. The van der Waals surface area contributed by atoms with E-state index in [-0.39, 0.29) is 24.8 Å². The van der Waals surface area contributed by atoms with Gasteiger partial charge in [-0.2, -0.15) is 0 Å². The second-order valence-corrected chi connectivity index (χ2v) is 6.75. The molecule has 0 bridgehead atoms. The van der Waals surface area contributed by atoms with E-state index in [4.69, 9.17) is 14.2 Å². The van der Waals surface area contributed by atoms with Crippen molar-refractivity contribution in [1.82, 2.24) is 5.32 Å². The topological polar surface area (TPSA) is 69.2 Å². The second kappa shape index (κ2) is 8.58. The lowest BCUT2D eigenvalue weighted by atomic mass is 10.1. The summed E-state index contributed by atoms with van der Waals surface area (Å²) >= 11 is 0. The largest absolute Gasteiger partial charge is 0.465 e. The summed E-state index contributed by atoms with van der Waals surface area (Å²) in [6.45, 7) is 6.66. The number of hydrogen-bond acceptors (Lipinski definition) is 5. The molecule has 0 saturated heterocycles. The van der Waals surface area contributed by atoms with Crippen LogP contribution in [0.3, 0.4) is 0 Å². The number of amides is 1. The molecular formula is C21H24N2O4. The van der Waals surface area contributed by atoms with Gasteiger partial charge in [-0.05, 0) is 36.6 Å². The molecule has 0 saturated carbocycles. The number of nitrogens with zero attached hydrogens (tertiary/aromatic N) is 1. The molecule has 0 spiro atoms. The number of carbonyl (C=O) groups is 1. The average Bonchev–Trinajstić information content (AvgIpc) is 3.14. The van der Waals surface area contributed by atoms with Gasteiger partial charge < -0.3 is 14.2 Å². The predicted octanol–water partition coefficient (Wildman–Crippen LogP) is 3.93. The normalized spacial score (nSPS) is 14.1. The molecule has 1 aliphatic rings. The van der Waals surface area contributed by atoms with E-state index < -0.39 is 0 Å². The molecule has 6 nitrogen and oxygen atoms in total. The minimum atomic E-state index is -0.309. The van der Waals surface area contributed by atoms with Crippen molar-refractivity contribution in [3.05, 3.63) is 59.7 Å². The van der Waals surface area contributed by atoms with Gasteiger partial charge in [-0.25, -0.2) is 4.99 Å². The zero-order chi connectivity index (χ0) is 19.2. The van der Waals surface area contributed by atoms with Crippen LogP contribution in [0.25, 0.3) is 0 Å². The van der Waals surface area contributed by atoms with Gasteiger partial charge in [0.15, 0.2) is 11.5 Å². The van der Waals surface area contributed by atoms with Gasteiger partial charge in [-0.1, -0.05) is 44.2 Å². The Morgan fingerprint density at radius 1 is 1.11 bits per heavy atom. The van der Waals surface area contributed by atoms with Crippen LogP contribution in [0.15, 0.2) is 53.5 Å². The van der Waals surface area contributed by atoms with E-state index in [0.717, 1.165) is 5.56 Å². The van der Waals surface area contributed by atoms with Gasteiger partial charge in [-0.15, -0.1) is 0 Å². The maximum atomic E-state index is 12.6. The number of hydrogen-bond donors (Lipinski definition) is 1. The first-order chi connectivity index (χ1) is 13.0. The molecule has 2 aromatic carbocycles. The fourth-order valence-corrected chi connectivity index (χ4v) is 2.54. The molecule has 3 rings (SSSR count). The van der Waals surface area contributed by atoms with E-state index in [2.05, 4.69) is 10.3 Å². The van der Waals surface area contributed by atoms with E-state index in [1.54, 1.807) is 18.2 Å². The first kappa shape index (κ1) is 18.8. The van der Waals surface area contributed by atoms with Crippen LogP contribution >= 0.6 is 0 Å². The Hall–Kier alpha value is -3.02. The van der Waals surface area contributed by atoms with Crippen molar-refractivity contribution in [2.75, 3.05) is 13.4 Å². The van der Waals surface area contributed by atoms with Crippen molar-refractivity contribution in [2.24, 2.45) is 10.9 Å². The van der Waals surface area contributed by atoms with Crippen LogP contribution in [0.4, 0.5) is 0 Å². The smallest absolute Gasteiger partial charge is 0.292 e. The summed E-state index contributed by atoms with van der Waals surface area (Å²) < 4.78 is 16.4. The summed E-state index contributed by atoms with van der Waals surface area (Å²) in [5, 5.41) is 2.77. The molecule has 1 heterocycles. The molecule has 0 unspecified atom stereocenters. The zero-order valence-electron chi connectivity index (χ0n) is 15.8. The van der Waals surface area contributed by atoms with E-state index in [1.807, 2.05) is 51.1 Å². The molecular weight excluding hydrogens is 344 g/mol. The van der Waals surface area contributed by atoms with Crippen LogP contribution in [-0.2, 0) is 4.74 Å². The molecule has 1 amide bonds. The van der Waals surface area contributed by atoms with Gasteiger partial charge in [0.25, 0.3) is 11.9 Å². The number of aliphatic imine (C=N–C) groups is 1. The van der Waals surface area contributed by atoms with Gasteiger partial charge in [0.2, 0.25) is 6.79 Å². The summed E-state index contributed by atoms with van der Waals surface area (Å²) in [5.41, 5.74) is 1.49. The third-order valence-corrected chi connectivity index (χ3v) is 4.00. The summed E-state index contributed by atoms with van der Waals surface area (Å²) in [6, 6.07) is 15.0. The van der Waals surface area contributed by atoms with Crippen LogP contribution in [0.1, 0.15) is 42.7 Å². The van der Waals surface area contributed by atoms with Crippen molar-refractivity contribution in [3.8, 4) is 11.5 Å². The van der Waals surface area contributed by atoms with E-state index >= 15 is 0 Å². The van der Waals surface area contributed by atoms with Crippen LogP contribution < -0.4 is 14.8 Å². The van der Waals surface area contributed by atoms with E-state index in [9.17, 15) is 4.79 Å². The first-order valence-corrected chi connectivity index (χ1v) is 8.99. The third-order valence-electron chi connectivity index (χ3n) is 4.00. The monoisotopic (exact) mass is 368 g/mol. The van der Waals surface area contributed by atoms with Crippen LogP contribution in [0.5, 0.6) is 11.5 Å². The zero-order valence-corrected chi connectivity index (χ0v) is 15.8. The summed E-state index contributed by atoms with van der Waals surface area (Å²) in [7, 11) is 0. The highest BCUT2D eigenvalue weighted by molar-refractivity contribution is 6.04. The second-order valence-electron chi connectivity index (χ2n) is 6.75. The molecule has 0 radical (unpaired) electrons. The van der Waals surface area contributed by atoms with Crippen molar-refractivity contribution < 1.29 is 19.0 Å². The Balaban J connectivity index is 1.76. The molecule has 2 aromatic rings. The number of amidine groups is 1. The minimum absolute atomic E-state index is 0.148. The van der Waals surface area contributed by atoms with Crippen molar-refractivity contribution in [3.63, 3.8) is 0 Å². The maximum Gasteiger partial charge on any atom is 0.292 e. The first-order valence-electron chi connectivity index (χ1n) is 8.99. The Morgan fingerprint density at radius 2 is 1.85 bits per heavy atom. The fourth-order valence-electron chi connectivity index (χ4n) is 2.54. The quantitative estimate of drug-likeness (QED) is 0.641. The van der Waals surface area contributed by atoms with Crippen molar-refractivity contribution >= 4 is 11.9 Å². The summed E-state index contributed by atoms with van der Waals surface area (Å²) in [6.07, 6.45) is 0. The average molecular weight is 368 g/mol. The lowest BCUT2D eigenvalue weighted by Crippen LogP contribution is -2.33. The fraction of sp³-hybridized carbons (Fsp3) is 0.333. The van der Waals surface area contributed by atoms with Crippen molar-refractivity contribution in [1.29, 1.82) is 0 Å². The number of carbonyl (C=O) groups excluding carboxylic acids is 1. The number of benzene rings is 2. The van der Waals surface area contributed by atoms with Gasteiger partial charge in [0, 0.05) is 5.56 Å². The van der Waals surface area contributed by atoms with E-state index in [1.165, 1.54) is 0 Å². The number of ether oxygens (including phenoxy) is 3. The molecule has 27 heavy (non-hydrogen) atoms. The number of fused-ring (bicyclic) bond motifs is 1. The van der Waals surface area contributed by atoms with Gasteiger partial charge in [0.05, 0.1) is 12.6 Å². The Bertz CT molecular complexity index is 818. The highest BCUT2D eigenvalue weighted by atomic mass is 16.7. The highest BCUT2D eigenvalue weighted by Gasteiger charge is 2.18. The number of nitrogens with one attached hydrogen (secondary N) is 1. The Kier molecular flexibility index (Phi) is 5.96. The molecule has 1 aliphatic heterocycles. The van der Waals surface area contributed by atoms with Crippen LogP contribution in [-0.4, -0.2) is 25.3 Å². The summed E-state index contributed by atoms with van der Waals surface area (Å²) in [5.74, 6) is 1.19. The molecule has 0 aliphatic carbocycles. The molecule has 0 fully saturated rings. The van der Waals surface area contributed by atoms with Crippen LogP contribution in [0, 0.1) is 5.92 Å². The molecule has 142 valence electrons. The van der Waals surface area contributed by atoms with Gasteiger partial charge in [-0.3, -0.25) is 10.1 Å². The molecule has 1 N–H and O–H groups in total. The lowest BCUT2D eigenvalue weighted by molar-refractivity contribution is 0.0962. The third kappa shape index (κ3) is 5.00. The highest BCUT2D eigenvalue weighted by Crippen LogP contribution is 2.32. The van der Waals surface area contributed by atoms with Gasteiger partial charge >= 0.3 is 0 Å². The number of rotatable bonds is 5. The lowest BCUT2D eigenvalue weighted by Gasteiger charge is -2.15. The van der Waals surface area contributed by atoms with Gasteiger partial charge in [0.1, 0.15) is 0 Å².